The number of hydrogen-bond acceptors (Lipinski definition) is 5. The number of amides is 1. The van der Waals surface area contributed by atoms with Crippen LogP contribution in [0.4, 0.5) is 0 Å². The lowest BCUT2D eigenvalue weighted by molar-refractivity contribution is 0.0238. The van der Waals surface area contributed by atoms with Gasteiger partial charge < -0.3 is 19.6 Å². The van der Waals surface area contributed by atoms with Crippen LogP contribution in [0, 0.1) is 5.92 Å². The van der Waals surface area contributed by atoms with Gasteiger partial charge in [0.25, 0.3) is 11.9 Å². The van der Waals surface area contributed by atoms with Gasteiger partial charge in [0, 0.05) is 10.9 Å². The quantitative estimate of drug-likeness (QED) is 0.890. The molecule has 0 saturated heterocycles. The molecule has 1 unspecified atom stereocenters. The van der Waals surface area contributed by atoms with Crippen molar-refractivity contribution in [2.75, 3.05) is 7.11 Å². The van der Waals surface area contributed by atoms with E-state index in [4.69, 9.17) is 9.15 Å². The second-order valence-electron chi connectivity index (χ2n) is 5.17. The largest absolute Gasteiger partial charge is 0.468 e. The van der Waals surface area contributed by atoms with Gasteiger partial charge in [-0.2, -0.15) is 0 Å². The molecule has 1 amide bonds. The van der Waals surface area contributed by atoms with Crippen LogP contribution >= 0.6 is 11.3 Å². The van der Waals surface area contributed by atoms with E-state index in [1.165, 1.54) is 7.11 Å². The number of hydrogen-bond donors (Lipinski definition) is 2. The highest BCUT2D eigenvalue weighted by Gasteiger charge is 2.36. The van der Waals surface area contributed by atoms with Gasteiger partial charge in [0.1, 0.15) is 0 Å². The van der Waals surface area contributed by atoms with Crippen molar-refractivity contribution >= 4 is 17.2 Å². The van der Waals surface area contributed by atoms with Gasteiger partial charge in [0.05, 0.1) is 19.3 Å². The van der Waals surface area contributed by atoms with E-state index in [0.717, 1.165) is 4.88 Å². The van der Waals surface area contributed by atoms with Crippen LogP contribution in [0.5, 0.6) is 5.95 Å². The highest BCUT2D eigenvalue weighted by Crippen LogP contribution is 2.39. The number of nitrogens with one attached hydrogen (secondary N) is 1. The van der Waals surface area contributed by atoms with Gasteiger partial charge in [-0.05, 0) is 36.3 Å². The molecular formula is C15H17NO4S. The van der Waals surface area contributed by atoms with Crippen molar-refractivity contribution < 1.29 is 19.1 Å². The second-order valence-corrected chi connectivity index (χ2v) is 6.15. The van der Waals surface area contributed by atoms with Gasteiger partial charge in [-0.15, -0.1) is 11.3 Å². The smallest absolute Gasteiger partial charge is 0.287 e. The molecular weight excluding hydrogens is 290 g/mol. The van der Waals surface area contributed by atoms with Crippen molar-refractivity contribution in [3.63, 3.8) is 0 Å². The van der Waals surface area contributed by atoms with E-state index in [9.17, 15) is 9.90 Å². The van der Waals surface area contributed by atoms with Crippen LogP contribution < -0.4 is 10.1 Å². The number of methoxy groups -OCH3 is 1. The summed E-state index contributed by atoms with van der Waals surface area (Å²) in [6.07, 6.45) is 1.17. The number of aliphatic hydroxyl groups is 1. The molecule has 0 bridgehead atoms. The summed E-state index contributed by atoms with van der Waals surface area (Å²) in [7, 11) is 1.49. The van der Waals surface area contributed by atoms with Gasteiger partial charge >= 0.3 is 0 Å². The lowest BCUT2D eigenvalue weighted by Crippen LogP contribution is -2.41. The minimum Gasteiger partial charge on any atom is -0.468 e. The Morgan fingerprint density at radius 1 is 1.48 bits per heavy atom. The third-order valence-electron chi connectivity index (χ3n) is 3.76. The third kappa shape index (κ3) is 2.96. The fourth-order valence-electron chi connectivity index (χ4n) is 2.56. The van der Waals surface area contributed by atoms with Crippen molar-refractivity contribution in [1.29, 1.82) is 0 Å². The van der Waals surface area contributed by atoms with Gasteiger partial charge in [0.15, 0.2) is 5.76 Å². The molecule has 0 aromatic carbocycles. The minimum absolute atomic E-state index is 0.0861. The average molecular weight is 307 g/mol. The van der Waals surface area contributed by atoms with Crippen molar-refractivity contribution in [3.05, 3.63) is 40.3 Å². The first-order valence-corrected chi connectivity index (χ1v) is 7.71. The molecule has 0 spiro atoms. The maximum absolute atomic E-state index is 12.3. The standard InChI is InChI=1S/C15H17NO4S/c1-19-13-5-4-11(20-13)15(18)16-14(9-7-10(17)8-9)12-3-2-6-21-12/h2-6,9-10,14,17H,7-8H2,1H3,(H,16,18). The van der Waals surface area contributed by atoms with Crippen molar-refractivity contribution in [3.8, 4) is 5.95 Å². The average Bonchev–Trinajstić information content (AvgIpc) is 3.11. The van der Waals surface area contributed by atoms with Crippen LogP contribution in [0.15, 0.2) is 34.1 Å². The summed E-state index contributed by atoms with van der Waals surface area (Å²) in [4.78, 5) is 13.4. The number of thiophene rings is 1. The normalized spacial score (nSPS) is 22.4. The van der Waals surface area contributed by atoms with E-state index < -0.39 is 0 Å². The lowest BCUT2D eigenvalue weighted by Gasteiger charge is -2.37. The zero-order chi connectivity index (χ0) is 14.8. The van der Waals surface area contributed by atoms with Gasteiger partial charge in [-0.25, -0.2) is 0 Å². The fraction of sp³-hybridized carbons (Fsp3) is 0.400. The lowest BCUT2D eigenvalue weighted by atomic mass is 9.76. The van der Waals surface area contributed by atoms with E-state index in [1.807, 2.05) is 17.5 Å². The molecule has 2 N–H and O–H groups in total. The Bertz CT molecular complexity index is 601. The molecule has 1 saturated carbocycles. The number of rotatable bonds is 5. The van der Waals surface area contributed by atoms with E-state index >= 15 is 0 Å². The fourth-order valence-corrected chi connectivity index (χ4v) is 3.43. The van der Waals surface area contributed by atoms with Crippen LogP contribution in [0.3, 0.4) is 0 Å². The Morgan fingerprint density at radius 3 is 2.86 bits per heavy atom. The molecule has 2 heterocycles. The first kappa shape index (κ1) is 14.2. The predicted octanol–water partition coefficient (Wildman–Crippen LogP) is 2.59. The summed E-state index contributed by atoms with van der Waals surface area (Å²) in [5.41, 5.74) is 0. The van der Waals surface area contributed by atoms with Crippen molar-refractivity contribution in [2.24, 2.45) is 5.92 Å². The summed E-state index contributed by atoms with van der Waals surface area (Å²) in [6, 6.07) is 7.09. The summed E-state index contributed by atoms with van der Waals surface area (Å²) >= 11 is 1.61. The van der Waals surface area contributed by atoms with Crippen LogP contribution in [0.1, 0.15) is 34.3 Å². The van der Waals surface area contributed by atoms with Gasteiger partial charge in [-0.1, -0.05) is 6.07 Å². The molecule has 1 atom stereocenters. The molecule has 0 radical (unpaired) electrons. The van der Waals surface area contributed by atoms with E-state index in [2.05, 4.69) is 5.32 Å². The molecule has 5 nitrogen and oxygen atoms in total. The molecule has 6 heteroatoms. The zero-order valence-electron chi connectivity index (χ0n) is 11.6. The third-order valence-corrected chi connectivity index (χ3v) is 4.72. The first-order chi connectivity index (χ1) is 10.2. The second kappa shape index (κ2) is 5.91. The Kier molecular flexibility index (Phi) is 3.98. The molecule has 2 aromatic heterocycles. The first-order valence-electron chi connectivity index (χ1n) is 6.83. The number of carbonyl (C=O) groups excluding carboxylic acids is 1. The highest BCUT2D eigenvalue weighted by molar-refractivity contribution is 7.10. The summed E-state index contributed by atoms with van der Waals surface area (Å²) in [5, 5.41) is 14.5. The van der Waals surface area contributed by atoms with Crippen LogP contribution in [-0.4, -0.2) is 24.2 Å². The number of aliphatic hydroxyl groups excluding tert-OH is 1. The molecule has 112 valence electrons. The predicted molar refractivity (Wildman–Crippen MR) is 78.5 cm³/mol. The Labute approximate surface area is 126 Å². The van der Waals surface area contributed by atoms with Gasteiger partial charge in [0.2, 0.25) is 0 Å². The molecule has 0 aliphatic heterocycles. The molecule has 3 rings (SSSR count). The molecule has 21 heavy (non-hydrogen) atoms. The number of carbonyl (C=O) groups is 1. The number of furan rings is 1. The van der Waals surface area contributed by atoms with E-state index in [0.29, 0.717) is 18.8 Å². The zero-order valence-corrected chi connectivity index (χ0v) is 12.4. The summed E-state index contributed by atoms with van der Waals surface area (Å²) < 4.78 is 10.2. The maximum Gasteiger partial charge on any atom is 0.287 e. The molecule has 1 aliphatic carbocycles. The molecule has 1 aliphatic rings. The van der Waals surface area contributed by atoms with E-state index in [-0.39, 0.29) is 29.7 Å². The summed E-state index contributed by atoms with van der Waals surface area (Å²) in [6.45, 7) is 0. The minimum atomic E-state index is -0.266. The summed E-state index contributed by atoms with van der Waals surface area (Å²) in [5.74, 6) is 0.540. The highest BCUT2D eigenvalue weighted by atomic mass is 32.1. The Balaban J connectivity index is 1.73. The van der Waals surface area contributed by atoms with Crippen LogP contribution in [0.25, 0.3) is 0 Å². The SMILES string of the molecule is COc1ccc(C(=O)NC(c2cccs2)C2CC(O)C2)o1. The van der Waals surface area contributed by atoms with Gasteiger partial charge in [-0.3, -0.25) is 4.79 Å². The molecule has 1 fully saturated rings. The topological polar surface area (TPSA) is 71.7 Å². The Morgan fingerprint density at radius 2 is 2.29 bits per heavy atom. The monoisotopic (exact) mass is 307 g/mol. The van der Waals surface area contributed by atoms with Crippen molar-refractivity contribution in [2.45, 2.75) is 25.0 Å². The maximum atomic E-state index is 12.3. The van der Waals surface area contributed by atoms with Crippen LogP contribution in [-0.2, 0) is 0 Å². The number of ether oxygens (including phenoxy) is 1. The van der Waals surface area contributed by atoms with Crippen molar-refractivity contribution in [1.82, 2.24) is 5.32 Å². The molecule has 2 aromatic rings. The van der Waals surface area contributed by atoms with Crippen LogP contribution in [0.2, 0.25) is 0 Å². The van der Waals surface area contributed by atoms with E-state index in [1.54, 1.807) is 23.5 Å². The Hall–Kier alpha value is -1.79.